The van der Waals surface area contributed by atoms with Gasteiger partial charge in [0.25, 0.3) is 5.91 Å². The number of methoxy groups -OCH3 is 2. The lowest BCUT2D eigenvalue weighted by Crippen LogP contribution is -2.31. The zero-order valence-electron chi connectivity index (χ0n) is 16.2. The Morgan fingerprint density at radius 1 is 1.21 bits per heavy atom. The van der Waals surface area contributed by atoms with Crippen molar-refractivity contribution in [2.75, 3.05) is 19.5 Å². The molecule has 1 saturated heterocycles. The summed E-state index contributed by atoms with van der Waals surface area (Å²) < 4.78 is 10.4. The van der Waals surface area contributed by atoms with Gasteiger partial charge in [0, 0.05) is 12.6 Å². The summed E-state index contributed by atoms with van der Waals surface area (Å²) >= 11 is 0. The molecule has 1 aromatic heterocycles. The molecule has 0 bridgehead atoms. The predicted molar refractivity (Wildman–Crippen MR) is 105 cm³/mol. The Balaban J connectivity index is 1.57. The highest BCUT2D eigenvalue weighted by atomic mass is 16.5. The lowest BCUT2D eigenvalue weighted by molar-refractivity contribution is -0.128. The molecule has 2 aromatic rings. The maximum atomic E-state index is 12.6. The maximum Gasteiger partial charge on any atom is 0.325 e. The number of amides is 4. The number of hydrogen-bond donors (Lipinski definition) is 2. The fraction of sp³-hybridized carbons (Fsp3) is 0.300. The van der Waals surface area contributed by atoms with Gasteiger partial charge in [0.05, 0.1) is 32.6 Å². The summed E-state index contributed by atoms with van der Waals surface area (Å²) in [5.74, 6) is 0.462. The van der Waals surface area contributed by atoms with Crippen LogP contribution in [0, 0.1) is 0 Å². The van der Waals surface area contributed by atoms with Gasteiger partial charge in [0.15, 0.2) is 11.5 Å². The van der Waals surface area contributed by atoms with Crippen molar-refractivity contribution in [3.63, 3.8) is 0 Å². The summed E-state index contributed by atoms with van der Waals surface area (Å²) in [5.41, 5.74) is 1.30. The van der Waals surface area contributed by atoms with Crippen molar-refractivity contribution in [2.45, 2.75) is 25.4 Å². The molecule has 0 saturated carbocycles. The Morgan fingerprint density at radius 3 is 2.69 bits per heavy atom. The second kappa shape index (κ2) is 9.05. The van der Waals surface area contributed by atoms with Gasteiger partial charge in [-0.15, -0.1) is 0 Å². The van der Waals surface area contributed by atoms with E-state index in [-0.39, 0.29) is 31.2 Å². The largest absolute Gasteiger partial charge is 0.493 e. The van der Waals surface area contributed by atoms with E-state index >= 15 is 0 Å². The van der Waals surface area contributed by atoms with E-state index in [2.05, 4.69) is 15.6 Å². The zero-order valence-corrected chi connectivity index (χ0v) is 16.2. The van der Waals surface area contributed by atoms with E-state index in [1.54, 1.807) is 36.5 Å². The molecule has 1 fully saturated rings. The topological polar surface area (TPSA) is 110 Å². The average Bonchev–Trinajstić information content (AvgIpc) is 3.00. The van der Waals surface area contributed by atoms with Crippen LogP contribution >= 0.6 is 0 Å². The number of nitrogens with one attached hydrogen (secondary N) is 2. The van der Waals surface area contributed by atoms with Crippen LogP contribution < -0.4 is 20.1 Å². The van der Waals surface area contributed by atoms with Gasteiger partial charge in [-0.25, -0.2) is 4.79 Å². The van der Waals surface area contributed by atoms with E-state index in [0.29, 0.717) is 17.2 Å². The van der Waals surface area contributed by atoms with Crippen LogP contribution in [0.3, 0.4) is 0 Å². The van der Waals surface area contributed by atoms with Crippen molar-refractivity contribution in [2.24, 2.45) is 0 Å². The third-order valence-electron chi connectivity index (χ3n) is 4.50. The van der Waals surface area contributed by atoms with Crippen molar-refractivity contribution >= 4 is 23.5 Å². The van der Waals surface area contributed by atoms with Crippen LogP contribution in [0.4, 0.5) is 10.5 Å². The fourth-order valence-corrected chi connectivity index (χ4v) is 3.02. The van der Waals surface area contributed by atoms with Crippen molar-refractivity contribution < 1.29 is 23.9 Å². The Morgan fingerprint density at radius 2 is 2.00 bits per heavy atom. The van der Waals surface area contributed by atoms with Crippen LogP contribution in [0.5, 0.6) is 11.5 Å². The van der Waals surface area contributed by atoms with Crippen LogP contribution in [0.1, 0.15) is 18.4 Å². The van der Waals surface area contributed by atoms with Gasteiger partial charge >= 0.3 is 6.03 Å². The van der Waals surface area contributed by atoms with Gasteiger partial charge in [-0.2, -0.15) is 0 Å². The Kier molecular flexibility index (Phi) is 6.28. The number of pyridine rings is 1. The molecule has 9 nitrogen and oxygen atoms in total. The van der Waals surface area contributed by atoms with Crippen LogP contribution in [-0.4, -0.2) is 48.0 Å². The van der Waals surface area contributed by atoms with E-state index in [1.807, 2.05) is 0 Å². The van der Waals surface area contributed by atoms with Gasteiger partial charge in [-0.1, -0.05) is 6.07 Å². The lowest BCUT2D eigenvalue weighted by Gasteiger charge is -2.15. The third kappa shape index (κ3) is 4.81. The van der Waals surface area contributed by atoms with E-state index in [1.165, 1.54) is 20.4 Å². The van der Waals surface area contributed by atoms with Crippen molar-refractivity contribution in [3.8, 4) is 11.5 Å². The molecule has 152 valence electrons. The standard InChI is InChI=1S/C20H22N4O5/c1-28-16-7-5-13(10-17(16)29-2)12-24-19(26)15(23-20(24)27)6-8-18(25)22-14-4-3-9-21-11-14/h3-5,7,9-11,15H,6,8,12H2,1-2H3,(H,22,25)(H,23,27)/t15-/m1/s1. The highest BCUT2D eigenvalue weighted by Crippen LogP contribution is 2.28. The van der Waals surface area contributed by atoms with Gasteiger partial charge in [-0.05, 0) is 36.2 Å². The highest BCUT2D eigenvalue weighted by Gasteiger charge is 2.37. The van der Waals surface area contributed by atoms with Gasteiger partial charge in [0.1, 0.15) is 6.04 Å². The molecule has 2 N–H and O–H groups in total. The minimum Gasteiger partial charge on any atom is -0.493 e. The summed E-state index contributed by atoms with van der Waals surface area (Å²) in [5, 5.41) is 5.34. The molecular weight excluding hydrogens is 376 g/mol. The number of hydrogen-bond acceptors (Lipinski definition) is 6. The first-order valence-electron chi connectivity index (χ1n) is 9.04. The number of nitrogens with zero attached hydrogens (tertiary/aromatic N) is 2. The Bertz CT molecular complexity index is 903. The molecule has 0 radical (unpaired) electrons. The smallest absolute Gasteiger partial charge is 0.325 e. The minimum atomic E-state index is -0.734. The van der Waals surface area contributed by atoms with E-state index in [0.717, 1.165) is 10.5 Å². The first-order valence-corrected chi connectivity index (χ1v) is 9.04. The minimum absolute atomic E-state index is 0.0930. The molecule has 0 spiro atoms. The molecule has 0 aliphatic carbocycles. The van der Waals surface area contributed by atoms with Crippen molar-refractivity contribution in [1.82, 2.24) is 15.2 Å². The number of imide groups is 1. The quantitative estimate of drug-likeness (QED) is 0.658. The summed E-state index contributed by atoms with van der Waals surface area (Å²) in [6, 6.07) is 7.41. The normalized spacial score (nSPS) is 15.8. The first kappa shape index (κ1) is 20.1. The molecular formula is C20H22N4O5. The molecule has 3 rings (SSSR count). The van der Waals surface area contributed by atoms with Crippen molar-refractivity contribution in [1.29, 1.82) is 0 Å². The number of aromatic nitrogens is 1. The maximum absolute atomic E-state index is 12.6. The number of rotatable bonds is 8. The summed E-state index contributed by atoms with van der Waals surface area (Å²) in [6.07, 6.45) is 3.44. The molecule has 1 aliphatic heterocycles. The molecule has 4 amide bonds. The molecule has 0 unspecified atom stereocenters. The number of anilines is 1. The SMILES string of the molecule is COc1ccc(CN2C(=O)N[C@H](CCC(=O)Nc3cccnc3)C2=O)cc1OC. The summed E-state index contributed by atoms with van der Waals surface area (Å²) in [6.45, 7) is 0.101. The molecule has 1 aromatic carbocycles. The highest BCUT2D eigenvalue weighted by molar-refractivity contribution is 6.04. The molecule has 29 heavy (non-hydrogen) atoms. The van der Waals surface area contributed by atoms with Crippen LogP contribution in [-0.2, 0) is 16.1 Å². The van der Waals surface area contributed by atoms with Gasteiger partial charge in [0.2, 0.25) is 5.91 Å². The number of urea groups is 1. The summed E-state index contributed by atoms with van der Waals surface area (Å²) in [7, 11) is 3.05. The summed E-state index contributed by atoms with van der Waals surface area (Å²) in [4.78, 5) is 42.0. The number of carbonyl (C=O) groups is 3. The van der Waals surface area contributed by atoms with Crippen molar-refractivity contribution in [3.05, 3.63) is 48.3 Å². The predicted octanol–water partition coefficient (Wildman–Crippen LogP) is 1.94. The van der Waals surface area contributed by atoms with E-state index in [9.17, 15) is 14.4 Å². The monoisotopic (exact) mass is 398 g/mol. The third-order valence-corrected chi connectivity index (χ3v) is 4.50. The molecule has 2 heterocycles. The van der Waals surface area contributed by atoms with Crippen LogP contribution in [0.2, 0.25) is 0 Å². The lowest BCUT2D eigenvalue weighted by atomic mass is 10.1. The zero-order chi connectivity index (χ0) is 20.8. The molecule has 1 atom stereocenters. The van der Waals surface area contributed by atoms with E-state index < -0.39 is 12.1 Å². The Hall–Kier alpha value is -3.62. The second-order valence-corrected chi connectivity index (χ2v) is 6.44. The second-order valence-electron chi connectivity index (χ2n) is 6.44. The number of carbonyl (C=O) groups excluding carboxylic acids is 3. The molecule has 1 aliphatic rings. The number of ether oxygens (including phenoxy) is 2. The van der Waals surface area contributed by atoms with Crippen LogP contribution in [0.25, 0.3) is 0 Å². The number of benzene rings is 1. The molecule has 9 heteroatoms. The van der Waals surface area contributed by atoms with Crippen LogP contribution in [0.15, 0.2) is 42.7 Å². The van der Waals surface area contributed by atoms with E-state index in [4.69, 9.17) is 9.47 Å². The Labute approximate surface area is 168 Å². The van der Waals surface area contributed by atoms with Gasteiger partial charge in [-0.3, -0.25) is 19.5 Å². The average molecular weight is 398 g/mol. The first-order chi connectivity index (χ1) is 14.0. The van der Waals surface area contributed by atoms with Gasteiger partial charge < -0.3 is 20.1 Å². The fourth-order valence-electron chi connectivity index (χ4n) is 3.02.